The SMILES string of the molecule is CCC1C(=O)NC(CC)(CC)C(=O)N1Cc1sccc1C. The Labute approximate surface area is 130 Å². The second-order valence-corrected chi connectivity index (χ2v) is 6.66. The number of amides is 2. The molecule has 4 nitrogen and oxygen atoms in total. The third-order valence-electron chi connectivity index (χ3n) is 4.59. The Balaban J connectivity index is 2.35. The number of nitrogens with one attached hydrogen (secondary N) is 1. The van der Waals surface area contributed by atoms with Crippen molar-refractivity contribution in [2.24, 2.45) is 0 Å². The molecule has 0 radical (unpaired) electrons. The zero-order valence-corrected chi connectivity index (χ0v) is 14.0. The maximum absolute atomic E-state index is 13.0. The molecule has 1 atom stereocenters. The fourth-order valence-electron chi connectivity index (χ4n) is 2.97. The van der Waals surface area contributed by atoms with Gasteiger partial charge in [-0.05, 0) is 43.2 Å². The Morgan fingerprint density at radius 3 is 2.43 bits per heavy atom. The zero-order valence-electron chi connectivity index (χ0n) is 13.2. The molecule has 0 bridgehead atoms. The molecule has 0 aliphatic carbocycles. The first kappa shape index (κ1) is 16.0. The minimum Gasteiger partial charge on any atom is -0.340 e. The molecule has 0 saturated carbocycles. The van der Waals surface area contributed by atoms with Gasteiger partial charge in [-0.1, -0.05) is 20.8 Å². The lowest BCUT2D eigenvalue weighted by Crippen LogP contribution is -2.69. The van der Waals surface area contributed by atoms with Crippen LogP contribution in [-0.2, 0) is 16.1 Å². The average Bonchev–Trinajstić information content (AvgIpc) is 2.88. The molecule has 1 unspecified atom stereocenters. The van der Waals surface area contributed by atoms with Crippen LogP contribution < -0.4 is 5.32 Å². The van der Waals surface area contributed by atoms with E-state index in [1.165, 1.54) is 5.56 Å². The van der Waals surface area contributed by atoms with Crippen molar-refractivity contribution in [2.45, 2.75) is 65.1 Å². The van der Waals surface area contributed by atoms with Crippen LogP contribution in [0.25, 0.3) is 0 Å². The van der Waals surface area contributed by atoms with Crippen molar-refractivity contribution in [1.29, 1.82) is 0 Å². The van der Waals surface area contributed by atoms with Gasteiger partial charge in [0.1, 0.15) is 11.6 Å². The molecule has 116 valence electrons. The van der Waals surface area contributed by atoms with Crippen LogP contribution in [-0.4, -0.2) is 28.3 Å². The third kappa shape index (κ3) is 2.71. The summed E-state index contributed by atoms with van der Waals surface area (Å²) in [6, 6.07) is 1.70. The van der Waals surface area contributed by atoms with Crippen LogP contribution in [0.5, 0.6) is 0 Å². The monoisotopic (exact) mass is 308 g/mol. The Hall–Kier alpha value is -1.36. The normalized spacial score (nSPS) is 21.5. The van der Waals surface area contributed by atoms with E-state index >= 15 is 0 Å². The summed E-state index contributed by atoms with van der Waals surface area (Å²) in [6.07, 6.45) is 1.90. The van der Waals surface area contributed by atoms with E-state index in [4.69, 9.17) is 0 Å². The number of aryl methyl sites for hydroxylation is 1. The summed E-state index contributed by atoms with van der Waals surface area (Å²) < 4.78 is 0. The molecule has 1 aliphatic heterocycles. The van der Waals surface area contributed by atoms with Gasteiger partial charge in [0.25, 0.3) is 0 Å². The minimum absolute atomic E-state index is 0.0185. The summed E-state index contributed by atoms with van der Waals surface area (Å²) >= 11 is 1.65. The summed E-state index contributed by atoms with van der Waals surface area (Å²) in [5.74, 6) is 0.0433. The van der Waals surface area contributed by atoms with Crippen LogP contribution in [0.1, 0.15) is 50.5 Å². The summed E-state index contributed by atoms with van der Waals surface area (Å²) in [5, 5.41) is 5.01. The second-order valence-electron chi connectivity index (χ2n) is 5.66. The van der Waals surface area contributed by atoms with Crippen molar-refractivity contribution >= 4 is 23.2 Å². The maximum Gasteiger partial charge on any atom is 0.249 e. The summed E-state index contributed by atoms with van der Waals surface area (Å²) in [4.78, 5) is 28.4. The molecule has 2 amide bonds. The van der Waals surface area contributed by atoms with Gasteiger partial charge in [0.2, 0.25) is 11.8 Å². The van der Waals surface area contributed by atoms with Crippen molar-refractivity contribution < 1.29 is 9.59 Å². The van der Waals surface area contributed by atoms with Crippen LogP contribution in [0.4, 0.5) is 0 Å². The summed E-state index contributed by atoms with van der Waals surface area (Å²) in [6.45, 7) is 8.46. The molecular formula is C16H24N2O2S. The van der Waals surface area contributed by atoms with Gasteiger partial charge in [-0.25, -0.2) is 0 Å². The quantitative estimate of drug-likeness (QED) is 0.909. The van der Waals surface area contributed by atoms with Gasteiger partial charge in [0.15, 0.2) is 0 Å². The van der Waals surface area contributed by atoms with Crippen molar-refractivity contribution in [3.05, 3.63) is 21.9 Å². The number of nitrogens with zero attached hydrogens (tertiary/aromatic N) is 1. The van der Waals surface area contributed by atoms with Crippen LogP contribution in [0.15, 0.2) is 11.4 Å². The van der Waals surface area contributed by atoms with E-state index in [9.17, 15) is 9.59 Å². The molecule has 2 heterocycles. The molecule has 1 aliphatic rings. The number of hydrogen-bond acceptors (Lipinski definition) is 3. The molecule has 1 fully saturated rings. The van der Waals surface area contributed by atoms with Crippen molar-refractivity contribution in [2.75, 3.05) is 0 Å². The molecule has 21 heavy (non-hydrogen) atoms. The lowest BCUT2D eigenvalue weighted by atomic mass is 9.86. The van der Waals surface area contributed by atoms with Gasteiger partial charge in [0, 0.05) is 4.88 Å². The molecule has 0 aromatic carbocycles. The van der Waals surface area contributed by atoms with Gasteiger partial charge in [-0.15, -0.1) is 11.3 Å². The number of hydrogen-bond donors (Lipinski definition) is 1. The fraction of sp³-hybridized carbons (Fsp3) is 0.625. The molecule has 1 N–H and O–H groups in total. The highest BCUT2D eigenvalue weighted by molar-refractivity contribution is 7.10. The highest BCUT2D eigenvalue weighted by atomic mass is 32.1. The highest BCUT2D eigenvalue weighted by Crippen LogP contribution is 2.29. The van der Waals surface area contributed by atoms with Crippen molar-refractivity contribution in [1.82, 2.24) is 10.2 Å². The molecule has 1 aromatic rings. The van der Waals surface area contributed by atoms with Gasteiger partial charge in [-0.3, -0.25) is 9.59 Å². The minimum atomic E-state index is -0.728. The molecule has 5 heteroatoms. The molecule has 0 spiro atoms. The zero-order chi connectivity index (χ0) is 15.6. The van der Waals surface area contributed by atoms with Crippen LogP contribution >= 0.6 is 11.3 Å². The van der Waals surface area contributed by atoms with Gasteiger partial charge < -0.3 is 10.2 Å². The number of carbonyl (C=O) groups excluding carboxylic acids is 2. The lowest BCUT2D eigenvalue weighted by Gasteiger charge is -2.45. The largest absolute Gasteiger partial charge is 0.340 e. The maximum atomic E-state index is 13.0. The third-order valence-corrected chi connectivity index (χ3v) is 5.60. The fourth-order valence-corrected chi connectivity index (χ4v) is 3.87. The van der Waals surface area contributed by atoms with Crippen molar-refractivity contribution in [3.8, 4) is 0 Å². The second kappa shape index (κ2) is 6.18. The number of carbonyl (C=O) groups is 2. The Morgan fingerprint density at radius 1 is 1.29 bits per heavy atom. The van der Waals surface area contributed by atoms with Gasteiger partial charge in [0.05, 0.1) is 6.54 Å². The van der Waals surface area contributed by atoms with Crippen LogP contribution in [0, 0.1) is 6.92 Å². The number of piperazine rings is 1. The number of rotatable bonds is 5. The number of thiophene rings is 1. The Morgan fingerprint density at radius 2 is 1.95 bits per heavy atom. The predicted molar refractivity (Wildman–Crippen MR) is 85.1 cm³/mol. The molecule has 1 saturated heterocycles. The van der Waals surface area contributed by atoms with E-state index in [0.717, 1.165) is 4.88 Å². The van der Waals surface area contributed by atoms with E-state index in [1.54, 1.807) is 16.2 Å². The van der Waals surface area contributed by atoms with E-state index in [0.29, 0.717) is 25.8 Å². The van der Waals surface area contributed by atoms with Crippen LogP contribution in [0.3, 0.4) is 0 Å². The summed E-state index contributed by atoms with van der Waals surface area (Å²) in [5.41, 5.74) is 0.459. The predicted octanol–water partition coefficient (Wildman–Crippen LogP) is 2.85. The first-order valence-corrected chi connectivity index (χ1v) is 8.53. The lowest BCUT2D eigenvalue weighted by molar-refractivity contribution is -0.156. The summed E-state index contributed by atoms with van der Waals surface area (Å²) in [7, 11) is 0. The topological polar surface area (TPSA) is 49.4 Å². The molecular weight excluding hydrogens is 284 g/mol. The van der Waals surface area contributed by atoms with E-state index in [-0.39, 0.29) is 17.9 Å². The first-order valence-electron chi connectivity index (χ1n) is 7.65. The van der Waals surface area contributed by atoms with Gasteiger partial charge >= 0.3 is 0 Å². The standard InChI is InChI=1S/C16H24N2O2S/c1-5-12-14(19)17-16(6-2,7-3)15(20)18(12)10-13-11(4)8-9-21-13/h8-9,12H,5-7,10H2,1-4H3,(H,17,19). The Bertz CT molecular complexity index is 534. The highest BCUT2D eigenvalue weighted by Gasteiger charge is 2.48. The van der Waals surface area contributed by atoms with Crippen molar-refractivity contribution in [3.63, 3.8) is 0 Å². The smallest absolute Gasteiger partial charge is 0.249 e. The van der Waals surface area contributed by atoms with Crippen LogP contribution in [0.2, 0.25) is 0 Å². The molecule has 1 aromatic heterocycles. The molecule has 2 rings (SSSR count). The van der Waals surface area contributed by atoms with Gasteiger partial charge in [-0.2, -0.15) is 0 Å². The van der Waals surface area contributed by atoms with E-state index in [1.807, 2.05) is 33.1 Å². The average molecular weight is 308 g/mol. The van der Waals surface area contributed by atoms with E-state index in [2.05, 4.69) is 11.4 Å². The first-order chi connectivity index (χ1) is 9.99. The Kier molecular flexibility index (Phi) is 4.71. The van der Waals surface area contributed by atoms with E-state index < -0.39 is 5.54 Å².